The molecule has 0 amide bonds. The lowest BCUT2D eigenvalue weighted by Crippen LogP contribution is -2.03. The molecule has 0 saturated heterocycles. The molecule has 2 aromatic rings. The van der Waals surface area contributed by atoms with Gasteiger partial charge in [0.1, 0.15) is 0 Å². The van der Waals surface area contributed by atoms with Crippen molar-refractivity contribution in [3.8, 4) is 11.1 Å². The second-order valence-corrected chi connectivity index (χ2v) is 4.60. The number of aryl methyl sites for hydroxylation is 2. The molecular weight excluding hydrogens is 240 g/mol. The van der Waals surface area contributed by atoms with Gasteiger partial charge in [-0.25, -0.2) is 4.79 Å². The van der Waals surface area contributed by atoms with Crippen molar-refractivity contribution in [3.05, 3.63) is 47.0 Å². The smallest absolute Gasteiger partial charge is 0.335 e. The monoisotopic (exact) mass is 256 g/mol. The molecule has 0 radical (unpaired) electrons. The van der Waals surface area contributed by atoms with Gasteiger partial charge in [0.25, 0.3) is 0 Å². The van der Waals surface area contributed by atoms with E-state index in [1.165, 1.54) is 0 Å². The Labute approximate surface area is 111 Å². The normalized spacial score (nSPS) is 10.4. The molecule has 0 heterocycles. The zero-order chi connectivity index (χ0) is 14.2. The number of hydrogen-bond acceptors (Lipinski definition) is 3. The fourth-order valence-electron chi connectivity index (χ4n) is 2.06. The van der Waals surface area contributed by atoms with Gasteiger partial charge in [-0.2, -0.15) is 0 Å². The third kappa shape index (κ3) is 2.25. The van der Waals surface area contributed by atoms with Crippen LogP contribution in [-0.4, -0.2) is 11.1 Å². The Bertz CT molecular complexity index is 663. The van der Waals surface area contributed by atoms with Gasteiger partial charge in [0.15, 0.2) is 0 Å². The summed E-state index contributed by atoms with van der Waals surface area (Å²) in [7, 11) is 0. The minimum absolute atomic E-state index is 0.211. The third-order valence-corrected chi connectivity index (χ3v) is 3.25. The van der Waals surface area contributed by atoms with Crippen molar-refractivity contribution in [1.82, 2.24) is 0 Å². The van der Waals surface area contributed by atoms with E-state index in [9.17, 15) is 4.79 Å². The fourth-order valence-corrected chi connectivity index (χ4v) is 2.06. The van der Waals surface area contributed by atoms with Crippen LogP contribution in [0.25, 0.3) is 11.1 Å². The van der Waals surface area contributed by atoms with Gasteiger partial charge in [0, 0.05) is 22.5 Å². The maximum atomic E-state index is 11.1. The fraction of sp³-hybridized carbons (Fsp3) is 0.133. The number of anilines is 2. The minimum atomic E-state index is -0.976. The Kier molecular flexibility index (Phi) is 3.17. The van der Waals surface area contributed by atoms with E-state index in [0.717, 1.165) is 16.7 Å². The van der Waals surface area contributed by atoms with Crippen molar-refractivity contribution in [1.29, 1.82) is 0 Å². The number of nitrogen functional groups attached to an aromatic ring is 2. The average Bonchev–Trinajstić information content (AvgIpc) is 2.36. The zero-order valence-corrected chi connectivity index (χ0v) is 10.9. The Balaban J connectivity index is 2.74. The maximum absolute atomic E-state index is 11.1. The van der Waals surface area contributed by atoms with E-state index in [0.29, 0.717) is 16.9 Å². The van der Waals surface area contributed by atoms with Crippen LogP contribution in [-0.2, 0) is 0 Å². The Morgan fingerprint density at radius 1 is 1.00 bits per heavy atom. The highest BCUT2D eigenvalue weighted by atomic mass is 16.4. The van der Waals surface area contributed by atoms with Crippen LogP contribution in [0.4, 0.5) is 11.4 Å². The van der Waals surface area contributed by atoms with Crippen LogP contribution in [0.3, 0.4) is 0 Å². The molecule has 0 aromatic heterocycles. The number of benzene rings is 2. The molecule has 98 valence electrons. The number of nitrogens with two attached hydrogens (primary N) is 2. The molecule has 0 atom stereocenters. The summed E-state index contributed by atoms with van der Waals surface area (Å²) in [6.45, 7) is 3.69. The molecule has 0 unspecified atom stereocenters. The number of carbonyl (C=O) groups is 1. The lowest BCUT2D eigenvalue weighted by molar-refractivity contribution is 0.0697. The number of para-hydroxylation sites is 1. The van der Waals surface area contributed by atoms with E-state index >= 15 is 0 Å². The quantitative estimate of drug-likeness (QED) is 0.721. The zero-order valence-electron chi connectivity index (χ0n) is 10.9. The summed E-state index contributed by atoms with van der Waals surface area (Å²) in [4.78, 5) is 11.1. The predicted molar refractivity (Wildman–Crippen MR) is 77.1 cm³/mol. The molecule has 2 rings (SSSR count). The van der Waals surface area contributed by atoms with Crippen LogP contribution in [0.2, 0.25) is 0 Å². The van der Waals surface area contributed by atoms with Crippen molar-refractivity contribution in [2.75, 3.05) is 11.5 Å². The first-order valence-corrected chi connectivity index (χ1v) is 5.90. The van der Waals surface area contributed by atoms with Crippen LogP contribution in [0.5, 0.6) is 0 Å². The number of carboxylic acids is 1. The van der Waals surface area contributed by atoms with E-state index < -0.39 is 5.97 Å². The van der Waals surface area contributed by atoms with Crippen LogP contribution in [0.1, 0.15) is 21.5 Å². The van der Waals surface area contributed by atoms with Crippen LogP contribution >= 0.6 is 0 Å². The van der Waals surface area contributed by atoms with Gasteiger partial charge in [0.05, 0.1) is 5.56 Å². The number of carboxylic acid groups (broad SMARTS) is 1. The molecule has 19 heavy (non-hydrogen) atoms. The van der Waals surface area contributed by atoms with E-state index in [2.05, 4.69) is 0 Å². The largest absolute Gasteiger partial charge is 0.478 e. The van der Waals surface area contributed by atoms with Gasteiger partial charge >= 0.3 is 5.97 Å². The molecule has 5 N–H and O–H groups in total. The van der Waals surface area contributed by atoms with Gasteiger partial charge < -0.3 is 16.6 Å². The van der Waals surface area contributed by atoms with E-state index in [1.54, 1.807) is 19.1 Å². The van der Waals surface area contributed by atoms with Crippen molar-refractivity contribution >= 4 is 17.3 Å². The topological polar surface area (TPSA) is 89.3 Å². The lowest BCUT2D eigenvalue weighted by atomic mass is 9.95. The van der Waals surface area contributed by atoms with Gasteiger partial charge in [0.2, 0.25) is 0 Å². The molecule has 4 nitrogen and oxygen atoms in total. The van der Waals surface area contributed by atoms with Crippen molar-refractivity contribution in [2.45, 2.75) is 13.8 Å². The number of aromatic carboxylic acids is 1. The van der Waals surface area contributed by atoms with Gasteiger partial charge in [-0.05, 0) is 37.1 Å². The first-order chi connectivity index (χ1) is 8.91. The Morgan fingerprint density at radius 3 is 2.26 bits per heavy atom. The standard InChI is InChI=1S/C15H16N2O2/c1-8-4-3-5-11(13(8)16)12-7-10(15(18)19)6-9(2)14(12)17/h3-7H,16-17H2,1-2H3,(H,18,19). The summed E-state index contributed by atoms with van der Waals surface area (Å²) in [6.07, 6.45) is 0. The van der Waals surface area contributed by atoms with Crippen molar-refractivity contribution in [3.63, 3.8) is 0 Å². The van der Waals surface area contributed by atoms with E-state index in [-0.39, 0.29) is 5.56 Å². The molecule has 0 spiro atoms. The molecule has 2 aromatic carbocycles. The molecule has 0 aliphatic heterocycles. The summed E-state index contributed by atoms with van der Waals surface area (Å²) in [5.74, 6) is -0.976. The predicted octanol–water partition coefficient (Wildman–Crippen LogP) is 2.83. The number of rotatable bonds is 2. The molecule has 4 heteroatoms. The van der Waals surface area contributed by atoms with Crippen LogP contribution in [0, 0.1) is 13.8 Å². The highest BCUT2D eigenvalue weighted by molar-refractivity contribution is 5.94. The molecular formula is C15H16N2O2. The minimum Gasteiger partial charge on any atom is -0.478 e. The second-order valence-electron chi connectivity index (χ2n) is 4.60. The van der Waals surface area contributed by atoms with E-state index in [1.807, 2.05) is 25.1 Å². The number of hydrogen-bond donors (Lipinski definition) is 3. The van der Waals surface area contributed by atoms with Crippen molar-refractivity contribution < 1.29 is 9.90 Å². The first-order valence-electron chi connectivity index (χ1n) is 5.90. The third-order valence-electron chi connectivity index (χ3n) is 3.25. The molecule has 0 fully saturated rings. The summed E-state index contributed by atoms with van der Waals surface area (Å²) < 4.78 is 0. The highest BCUT2D eigenvalue weighted by Gasteiger charge is 2.13. The Hall–Kier alpha value is -2.49. The van der Waals surface area contributed by atoms with Crippen LogP contribution in [0.15, 0.2) is 30.3 Å². The van der Waals surface area contributed by atoms with Gasteiger partial charge in [-0.1, -0.05) is 18.2 Å². The second kappa shape index (κ2) is 4.65. The van der Waals surface area contributed by atoms with Crippen LogP contribution < -0.4 is 11.5 Å². The average molecular weight is 256 g/mol. The van der Waals surface area contributed by atoms with E-state index in [4.69, 9.17) is 16.6 Å². The highest BCUT2D eigenvalue weighted by Crippen LogP contribution is 2.34. The molecule has 0 aliphatic rings. The van der Waals surface area contributed by atoms with Gasteiger partial charge in [-0.15, -0.1) is 0 Å². The Morgan fingerprint density at radius 2 is 1.63 bits per heavy atom. The SMILES string of the molecule is Cc1cccc(-c2cc(C(=O)O)cc(C)c2N)c1N. The molecule has 0 saturated carbocycles. The van der Waals surface area contributed by atoms with Gasteiger partial charge in [-0.3, -0.25) is 0 Å². The summed E-state index contributed by atoms with van der Waals surface area (Å²) in [5.41, 5.74) is 16.6. The summed E-state index contributed by atoms with van der Waals surface area (Å²) >= 11 is 0. The van der Waals surface area contributed by atoms with Crippen molar-refractivity contribution in [2.24, 2.45) is 0 Å². The maximum Gasteiger partial charge on any atom is 0.335 e. The summed E-state index contributed by atoms with van der Waals surface area (Å²) in [5, 5.41) is 9.12. The lowest BCUT2D eigenvalue weighted by Gasteiger charge is -2.13. The first kappa shape index (κ1) is 13.0. The molecule has 0 aliphatic carbocycles. The summed E-state index contributed by atoms with van der Waals surface area (Å²) in [6, 6.07) is 8.76. The molecule has 0 bridgehead atoms.